The Labute approximate surface area is 167 Å². The number of methoxy groups -OCH3 is 1. The molecule has 0 spiro atoms. The van der Waals surface area contributed by atoms with Gasteiger partial charge in [0, 0.05) is 44.7 Å². The third-order valence-corrected chi connectivity index (χ3v) is 5.54. The van der Waals surface area contributed by atoms with Crippen LogP contribution in [0, 0.1) is 0 Å². The van der Waals surface area contributed by atoms with Crippen molar-refractivity contribution in [2.75, 3.05) is 39.9 Å². The largest absolute Gasteiger partial charge is 0.497 e. The lowest BCUT2D eigenvalue weighted by Gasteiger charge is -2.33. The fourth-order valence-corrected chi connectivity index (χ4v) is 3.93. The summed E-state index contributed by atoms with van der Waals surface area (Å²) >= 11 is 0. The Kier molecular flexibility index (Phi) is 7.14. The van der Waals surface area contributed by atoms with Crippen molar-refractivity contribution >= 4 is 12.0 Å². The number of carbonyl (C=O) groups excluding carboxylic acids is 2. The van der Waals surface area contributed by atoms with Gasteiger partial charge in [-0.05, 0) is 43.9 Å². The Morgan fingerprint density at radius 2 is 1.89 bits per heavy atom. The van der Waals surface area contributed by atoms with Crippen molar-refractivity contribution in [2.24, 2.45) is 0 Å². The number of benzene rings is 1. The second kappa shape index (κ2) is 9.78. The van der Waals surface area contributed by atoms with E-state index in [1.165, 1.54) is 5.56 Å². The first-order chi connectivity index (χ1) is 13.6. The van der Waals surface area contributed by atoms with Crippen LogP contribution in [0.3, 0.4) is 0 Å². The highest BCUT2D eigenvalue weighted by molar-refractivity contribution is 5.79. The SMILES string of the molecule is CCOC(=O)N1CCC(N[C@H]2CC(=O)N(CCc3ccc(OC)cc3)C2)CC1. The van der Waals surface area contributed by atoms with Crippen molar-refractivity contribution < 1.29 is 19.1 Å². The lowest BCUT2D eigenvalue weighted by molar-refractivity contribution is -0.127. The van der Waals surface area contributed by atoms with Gasteiger partial charge in [0.05, 0.1) is 13.7 Å². The van der Waals surface area contributed by atoms with Crippen LogP contribution < -0.4 is 10.1 Å². The molecule has 0 unspecified atom stereocenters. The van der Waals surface area contributed by atoms with Crippen molar-refractivity contribution in [3.63, 3.8) is 0 Å². The normalized spacial score (nSPS) is 20.5. The molecule has 154 valence electrons. The predicted molar refractivity (Wildman–Crippen MR) is 106 cm³/mol. The molecule has 1 atom stereocenters. The van der Waals surface area contributed by atoms with Gasteiger partial charge in [-0.2, -0.15) is 0 Å². The molecule has 2 fully saturated rings. The minimum Gasteiger partial charge on any atom is -0.497 e. The lowest BCUT2D eigenvalue weighted by Crippen LogP contribution is -2.48. The van der Waals surface area contributed by atoms with Crippen LogP contribution in [0.15, 0.2) is 24.3 Å². The summed E-state index contributed by atoms with van der Waals surface area (Å²) in [6.45, 7) is 5.14. The zero-order valence-electron chi connectivity index (χ0n) is 16.9. The molecule has 0 radical (unpaired) electrons. The smallest absolute Gasteiger partial charge is 0.409 e. The Balaban J connectivity index is 1.40. The molecule has 28 heavy (non-hydrogen) atoms. The van der Waals surface area contributed by atoms with Crippen molar-refractivity contribution in [3.05, 3.63) is 29.8 Å². The number of hydrogen-bond donors (Lipinski definition) is 1. The van der Waals surface area contributed by atoms with E-state index < -0.39 is 0 Å². The van der Waals surface area contributed by atoms with Gasteiger partial charge in [0.1, 0.15) is 5.75 Å². The molecule has 7 nitrogen and oxygen atoms in total. The maximum absolute atomic E-state index is 12.4. The number of hydrogen-bond acceptors (Lipinski definition) is 5. The van der Waals surface area contributed by atoms with E-state index in [0.29, 0.717) is 32.2 Å². The standard InChI is InChI=1S/C21H31N3O4/c1-3-28-21(26)23-12-9-17(10-13-23)22-18-14-20(25)24(15-18)11-8-16-4-6-19(27-2)7-5-16/h4-7,17-18,22H,3,8-15H2,1-2H3/t18-/m0/s1. The molecule has 2 amide bonds. The van der Waals surface area contributed by atoms with Crippen molar-refractivity contribution in [2.45, 2.75) is 44.7 Å². The highest BCUT2D eigenvalue weighted by Gasteiger charge is 2.32. The van der Waals surface area contributed by atoms with Gasteiger partial charge in [-0.15, -0.1) is 0 Å². The fraction of sp³-hybridized carbons (Fsp3) is 0.619. The zero-order chi connectivity index (χ0) is 19.9. The summed E-state index contributed by atoms with van der Waals surface area (Å²) in [5.41, 5.74) is 1.20. The van der Waals surface area contributed by atoms with E-state index in [4.69, 9.17) is 9.47 Å². The first-order valence-electron chi connectivity index (χ1n) is 10.2. The average molecular weight is 389 g/mol. The summed E-state index contributed by atoms with van der Waals surface area (Å²) in [5.74, 6) is 1.06. The topological polar surface area (TPSA) is 71.1 Å². The second-order valence-electron chi connectivity index (χ2n) is 7.47. The van der Waals surface area contributed by atoms with Crippen molar-refractivity contribution in [1.82, 2.24) is 15.1 Å². The Bertz CT molecular complexity index is 656. The van der Waals surface area contributed by atoms with Gasteiger partial charge in [-0.1, -0.05) is 12.1 Å². The van der Waals surface area contributed by atoms with E-state index in [0.717, 1.165) is 38.1 Å². The van der Waals surface area contributed by atoms with E-state index in [9.17, 15) is 9.59 Å². The quantitative estimate of drug-likeness (QED) is 0.773. The van der Waals surface area contributed by atoms with Crippen LogP contribution in [0.1, 0.15) is 31.7 Å². The van der Waals surface area contributed by atoms with Gasteiger partial charge >= 0.3 is 6.09 Å². The van der Waals surface area contributed by atoms with Crippen molar-refractivity contribution in [1.29, 1.82) is 0 Å². The number of likely N-dealkylation sites (tertiary alicyclic amines) is 2. The van der Waals surface area contributed by atoms with Crippen LogP contribution in [-0.4, -0.2) is 73.8 Å². The van der Waals surface area contributed by atoms with E-state index in [-0.39, 0.29) is 18.0 Å². The van der Waals surface area contributed by atoms with E-state index in [1.54, 1.807) is 12.0 Å². The Morgan fingerprint density at radius 1 is 1.18 bits per heavy atom. The van der Waals surface area contributed by atoms with E-state index >= 15 is 0 Å². The molecule has 2 aliphatic heterocycles. The summed E-state index contributed by atoms with van der Waals surface area (Å²) < 4.78 is 10.2. The molecular formula is C21H31N3O4. The summed E-state index contributed by atoms with van der Waals surface area (Å²) in [7, 11) is 1.66. The molecule has 0 aromatic heterocycles. The fourth-order valence-electron chi connectivity index (χ4n) is 3.93. The first kappa shape index (κ1) is 20.5. The summed E-state index contributed by atoms with van der Waals surface area (Å²) in [6.07, 6.45) is 2.98. The Hall–Kier alpha value is -2.28. The van der Waals surface area contributed by atoms with Gasteiger partial charge in [0.2, 0.25) is 5.91 Å². The van der Waals surface area contributed by atoms with Crippen LogP contribution in [0.25, 0.3) is 0 Å². The molecule has 7 heteroatoms. The predicted octanol–water partition coefficient (Wildman–Crippen LogP) is 2.05. The average Bonchev–Trinajstić information content (AvgIpc) is 3.06. The summed E-state index contributed by atoms with van der Waals surface area (Å²) in [6, 6.07) is 8.55. The lowest BCUT2D eigenvalue weighted by atomic mass is 10.0. The van der Waals surface area contributed by atoms with Crippen LogP contribution in [0.2, 0.25) is 0 Å². The first-order valence-corrected chi connectivity index (χ1v) is 10.2. The van der Waals surface area contributed by atoms with Crippen molar-refractivity contribution in [3.8, 4) is 5.75 Å². The molecule has 3 rings (SSSR count). The monoisotopic (exact) mass is 389 g/mol. The van der Waals surface area contributed by atoms with Crippen LogP contribution in [0.5, 0.6) is 5.75 Å². The van der Waals surface area contributed by atoms with Gasteiger partial charge in [0.15, 0.2) is 0 Å². The molecule has 1 aromatic rings. The molecule has 2 heterocycles. The maximum atomic E-state index is 12.4. The van der Waals surface area contributed by atoms with Crippen LogP contribution in [0.4, 0.5) is 4.79 Å². The van der Waals surface area contributed by atoms with Gasteiger partial charge in [-0.25, -0.2) is 4.79 Å². The van der Waals surface area contributed by atoms with E-state index in [1.807, 2.05) is 36.1 Å². The number of piperidine rings is 1. The molecule has 1 N–H and O–H groups in total. The number of nitrogens with one attached hydrogen (secondary N) is 1. The van der Waals surface area contributed by atoms with Crippen LogP contribution in [-0.2, 0) is 16.0 Å². The molecular weight excluding hydrogens is 358 g/mol. The van der Waals surface area contributed by atoms with Gasteiger partial charge in [0.25, 0.3) is 0 Å². The maximum Gasteiger partial charge on any atom is 0.409 e. The minimum absolute atomic E-state index is 0.197. The number of rotatable bonds is 7. The summed E-state index contributed by atoms with van der Waals surface area (Å²) in [5, 5.41) is 3.63. The van der Waals surface area contributed by atoms with Crippen LogP contribution >= 0.6 is 0 Å². The minimum atomic E-state index is -0.221. The number of nitrogens with zero attached hydrogens (tertiary/aromatic N) is 2. The summed E-state index contributed by atoms with van der Waals surface area (Å²) in [4.78, 5) is 27.9. The third-order valence-electron chi connectivity index (χ3n) is 5.54. The van der Waals surface area contributed by atoms with Gasteiger partial charge < -0.3 is 24.6 Å². The molecule has 2 aliphatic rings. The molecule has 2 saturated heterocycles. The molecule has 0 saturated carbocycles. The highest BCUT2D eigenvalue weighted by atomic mass is 16.6. The Morgan fingerprint density at radius 3 is 2.54 bits per heavy atom. The third kappa shape index (κ3) is 5.38. The zero-order valence-corrected chi connectivity index (χ0v) is 16.9. The molecule has 0 aliphatic carbocycles. The number of carbonyl (C=O) groups is 2. The molecule has 0 bridgehead atoms. The number of amides is 2. The second-order valence-corrected chi connectivity index (χ2v) is 7.47. The number of ether oxygens (including phenoxy) is 2. The van der Waals surface area contributed by atoms with Gasteiger partial charge in [-0.3, -0.25) is 4.79 Å². The highest BCUT2D eigenvalue weighted by Crippen LogP contribution is 2.18. The molecule has 1 aromatic carbocycles. The van der Waals surface area contributed by atoms with E-state index in [2.05, 4.69) is 5.32 Å².